The first-order chi connectivity index (χ1) is 7.66. The number of carbonyl (C=O) groups excluding carboxylic acids is 1. The average molecular weight is 223 g/mol. The zero-order chi connectivity index (χ0) is 11.5. The average Bonchev–Trinajstić information content (AvgIpc) is 2.88. The van der Waals surface area contributed by atoms with E-state index >= 15 is 0 Å². The molecule has 0 aromatic carbocycles. The van der Waals surface area contributed by atoms with Crippen molar-refractivity contribution in [2.45, 2.75) is 32.4 Å². The molecule has 1 atom stereocenters. The molecule has 0 aliphatic carbocycles. The molecule has 5 heteroatoms. The Bertz CT molecular complexity index is 369. The lowest BCUT2D eigenvalue weighted by atomic mass is 10.2. The van der Waals surface area contributed by atoms with E-state index in [2.05, 4.69) is 10.5 Å². The van der Waals surface area contributed by atoms with Crippen molar-refractivity contribution in [1.29, 1.82) is 0 Å². The van der Waals surface area contributed by atoms with Gasteiger partial charge in [-0.15, -0.1) is 0 Å². The molecule has 0 spiro atoms. The maximum atomic E-state index is 12.0. The van der Waals surface area contributed by atoms with Crippen molar-refractivity contribution in [3.8, 4) is 0 Å². The van der Waals surface area contributed by atoms with Crippen LogP contribution in [0.4, 0.5) is 0 Å². The highest BCUT2D eigenvalue weighted by Crippen LogP contribution is 2.10. The molecule has 2 heterocycles. The minimum atomic E-state index is -0.0157. The van der Waals surface area contributed by atoms with Crippen molar-refractivity contribution in [3.05, 3.63) is 17.5 Å². The third kappa shape index (κ3) is 2.41. The summed E-state index contributed by atoms with van der Waals surface area (Å²) in [7, 11) is 1.80. The normalized spacial score (nSPS) is 20.0. The number of amides is 1. The predicted octanol–water partition coefficient (Wildman–Crippen LogP) is 0.693. The maximum absolute atomic E-state index is 12.0. The second-order valence-corrected chi connectivity index (χ2v) is 4.27. The summed E-state index contributed by atoms with van der Waals surface area (Å²) in [6, 6.07) is 1.84. The van der Waals surface area contributed by atoms with Crippen LogP contribution in [0.3, 0.4) is 0 Å². The summed E-state index contributed by atoms with van der Waals surface area (Å²) in [5.74, 6) is 0.910. The molecule has 1 aromatic heterocycles. The van der Waals surface area contributed by atoms with Gasteiger partial charge in [-0.1, -0.05) is 5.16 Å². The van der Waals surface area contributed by atoms with Crippen molar-refractivity contribution in [2.75, 3.05) is 13.6 Å². The van der Waals surface area contributed by atoms with Crippen LogP contribution in [0.1, 0.15) is 24.3 Å². The molecular weight excluding hydrogens is 206 g/mol. The summed E-state index contributed by atoms with van der Waals surface area (Å²) in [5.41, 5.74) is 0.798. The monoisotopic (exact) mass is 223 g/mol. The first-order valence-electron chi connectivity index (χ1n) is 5.57. The Balaban J connectivity index is 1.91. The van der Waals surface area contributed by atoms with Crippen molar-refractivity contribution in [1.82, 2.24) is 15.4 Å². The summed E-state index contributed by atoms with van der Waals surface area (Å²) < 4.78 is 4.97. The van der Waals surface area contributed by atoms with Gasteiger partial charge in [0, 0.05) is 13.1 Å². The van der Waals surface area contributed by atoms with Crippen LogP contribution in [0.15, 0.2) is 10.6 Å². The van der Waals surface area contributed by atoms with E-state index in [9.17, 15) is 4.79 Å². The van der Waals surface area contributed by atoms with Gasteiger partial charge in [0.25, 0.3) is 0 Å². The van der Waals surface area contributed by atoms with Crippen LogP contribution < -0.4 is 5.32 Å². The standard InChI is InChI=1S/C11H17N3O2/c1-8-6-9(13-16-8)7-14(2)11(15)10-4-3-5-12-10/h6,10,12H,3-5,7H2,1-2H3/t10-/m0/s1. The molecule has 5 nitrogen and oxygen atoms in total. The molecule has 88 valence electrons. The van der Waals surface area contributed by atoms with Gasteiger partial charge in [0.1, 0.15) is 11.5 Å². The fourth-order valence-corrected chi connectivity index (χ4v) is 1.97. The molecule has 1 aromatic rings. The lowest BCUT2D eigenvalue weighted by Gasteiger charge is -2.19. The third-order valence-electron chi connectivity index (χ3n) is 2.81. The van der Waals surface area contributed by atoms with Crippen molar-refractivity contribution in [2.24, 2.45) is 0 Å². The Morgan fingerprint density at radius 3 is 3.12 bits per heavy atom. The van der Waals surface area contributed by atoms with Gasteiger partial charge in [0.15, 0.2) is 0 Å². The van der Waals surface area contributed by atoms with Gasteiger partial charge >= 0.3 is 0 Å². The van der Waals surface area contributed by atoms with Crippen LogP contribution in [-0.2, 0) is 11.3 Å². The Labute approximate surface area is 94.8 Å². The molecule has 1 fully saturated rings. The molecule has 0 radical (unpaired) electrons. The molecule has 1 N–H and O–H groups in total. The second kappa shape index (κ2) is 4.65. The summed E-state index contributed by atoms with van der Waals surface area (Å²) >= 11 is 0. The molecule has 1 amide bonds. The van der Waals surface area contributed by atoms with Gasteiger partial charge in [0.05, 0.1) is 12.6 Å². The molecule has 16 heavy (non-hydrogen) atoms. The van der Waals surface area contributed by atoms with Crippen molar-refractivity contribution < 1.29 is 9.32 Å². The van der Waals surface area contributed by atoms with E-state index in [1.165, 1.54) is 0 Å². The Hall–Kier alpha value is -1.36. The van der Waals surface area contributed by atoms with Gasteiger partial charge in [-0.3, -0.25) is 4.79 Å². The number of carbonyl (C=O) groups is 1. The number of nitrogens with zero attached hydrogens (tertiary/aromatic N) is 2. The number of nitrogens with one attached hydrogen (secondary N) is 1. The fraction of sp³-hybridized carbons (Fsp3) is 0.636. The zero-order valence-electron chi connectivity index (χ0n) is 9.69. The number of aromatic nitrogens is 1. The van der Waals surface area contributed by atoms with Crippen LogP contribution in [-0.4, -0.2) is 35.6 Å². The minimum absolute atomic E-state index is 0.0157. The van der Waals surface area contributed by atoms with Gasteiger partial charge < -0.3 is 14.7 Å². The first kappa shape index (κ1) is 11.1. The smallest absolute Gasteiger partial charge is 0.239 e. The van der Waals surface area contributed by atoms with Crippen LogP contribution in [0.5, 0.6) is 0 Å². The van der Waals surface area contributed by atoms with E-state index in [1.54, 1.807) is 11.9 Å². The van der Waals surface area contributed by atoms with E-state index in [-0.39, 0.29) is 11.9 Å². The van der Waals surface area contributed by atoms with E-state index < -0.39 is 0 Å². The number of hydrogen-bond donors (Lipinski definition) is 1. The summed E-state index contributed by atoms with van der Waals surface area (Å²) in [6.45, 7) is 3.29. The molecule has 0 unspecified atom stereocenters. The zero-order valence-corrected chi connectivity index (χ0v) is 9.69. The molecular formula is C11H17N3O2. The van der Waals surface area contributed by atoms with E-state index in [0.29, 0.717) is 6.54 Å². The van der Waals surface area contributed by atoms with E-state index in [1.807, 2.05) is 13.0 Å². The SMILES string of the molecule is Cc1cc(CN(C)C(=O)[C@@H]2CCCN2)no1. The highest BCUT2D eigenvalue weighted by atomic mass is 16.5. The predicted molar refractivity (Wildman–Crippen MR) is 58.7 cm³/mol. The maximum Gasteiger partial charge on any atom is 0.239 e. The first-order valence-corrected chi connectivity index (χ1v) is 5.57. The summed E-state index contributed by atoms with van der Waals surface area (Å²) in [5, 5.41) is 7.07. The van der Waals surface area contributed by atoms with Crippen LogP contribution in [0.25, 0.3) is 0 Å². The van der Waals surface area contributed by atoms with Crippen molar-refractivity contribution >= 4 is 5.91 Å². The molecule has 0 bridgehead atoms. The topological polar surface area (TPSA) is 58.4 Å². The highest BCUT2D eigenvalue weighted by molar-refractivity contribution is 5.81. The number of hydrogen-bond acceptors (Lipinski definition) is 4. The molecule has 2 rings (SSSR count). The second-order valence-electron chi connectivity index (χ2n) is 4.27. The van der Waals surface area contributed by atoms with Gasteiger partial charge in [-0.05, 0) is 26.3 Å². The molecule has 1 saturated heterocycles. The summed E-state index contributed by atoms with van der Waals surface area (Å²) in [4.78, 5) is 13.7. The summed E-state index contributed by atoms with van der Waals surface area (Å²) in [6.07, 6.45) is 2.01. The van der Waals surface area contributed by atoms with Crippen molar-refractivity contribution in [3.63, 3.8) is 0 Å². The lowest BCUT2D eigenvalue weighted by Crippen LogP contribution is -2.41. The van der Waals surface area contributed by atoms with Gasteiger partial charge in [-0.2, -0.15) is 0 Å². The molecule has 0 saturated carbocycles. The molecule has 1 aliphatic heterocycles. The Morgan fingerprint density at radius 1 is 1.75 bits per heavy atom. The van der Waals surface area contributed by atoms with E-state index in [0.717, 1.165) is 30.8 Å². The van der Waals surface area contributed by atoms with Crippen LogP contribution in [0, 0.1) is 6.92 Å². The quantitative estimate of drug-likeness (QED) is 0.819. The minimum Gasteiger partial charge on any atom is -0.361 e. The van der Waals surface area contributed by atoms with Gasteiger partial charge in [0.2, 0.25) is 5.91 Å². The highest BCUT2D eigenvalue weighted by Gasteiger charge is 2.25. The number of aryl methyl sites for hydroxylation is 1. The largest absolute Gasteiger partial charge is 0.361 e. The number of likely N-dealkylation sites (N-methyl/N-ethyl adjacent to an activating group) is 1. The van der Waals surface area contributed by atoms with Crippen LogP contribution >= 0.6 is 0 Å². The van der Waals surface area contributed by atoms with Gasteiger partial charge in [-0.25, -0.2) is 0 Å². The Morgan fingerprint density at radius 2 is 2.56 bits per heavy atom. The fourth-order valence-electron chi connectivity index (χ4n) is 1.97. The lowest BCUT2D eigenvalue weighted by molar-refractivity contribution is -0.132. The third-order valence-corrected chi connectivity index (χ3v) is 2.81. The molecule has 1 aliphatic rings. The Kier molecular flexibility index (Phi) is 3.24. The van der Waals surface area contributed by atoms with Crippen LogP contribution in [0.2, 0.25) is 0 Å². The van der Waals surface area contributed by atoms with E-state index in [4.69, 9.17) is 4.52 Å². The number of rotatable bonds is 3.